The molecule has 2 nitrogen and oxygen atoms in total. The van der Waals surface area contributed by atoms with Crippen molar-refractivity contribution in [1.82, 2.24) is 4.90 Å². The molecule has 1 atom stereocenters. The highest BCUT2D eigenvalue weighted by atomic mass is 35.5. The molecule has 0 aromatic heterocycles. The number of rotatable bonds is 2. The molecule has 0 saturated carbocycles. The van der Waals surface area contributed by atoms with Gasteiger partial charge >= 0.3 is 0 Å². The Morgan fingerprint density at radius 2 is 2.38 bits per heavy atom. The lowest BCUT2D eigenvalue weighted by Crippen LogP contribution is -2.28. The summed E-state index contributed by atoms with van der Waals surface area (Å²) in [5, 5.41) is 9.37. The Balaban J connectivity index is 2.18. The molecule has 0 bridgehead atoms. The van der Waals surface area contributed by atoms with Gasteiger partial charge in [0.2, 0.25) is 0 Å². The molecule has 0 aliphatic carbocycles. The van der Waals surface area contributed by atoms with E-state index in [1.807, 2.05) is 4.90 Å². The second kappa shape index (κ2) is 4.82. The minimum absolute atomic E-state index is 0.101. The SMILES string of the molecule is N#CC1CCCN1Cc1c(F)cccc1Cl. The van der Waals surface area contributed by atoms with Gasteiger partial charge in [-0.15, -0.1) is 0 Å². The van der Waals surface area contributed by atoms with E-state index in [1.54, 1.807) is 12.1 Å². The third-order valence-corrected chi connectivity index (χ3v) is 3.29. The Labute approximate surface area is 99.2 Å². The predicted molar refractivity (Wildman–Crippen MR) is 60.5 cm³/mol. The summed E-state index contributed by atoms with van der Waals surface area (Å²) in [4.78, 5) is 1.98. The van der Waals surface area contributed by atoms with Crippen molar-refractivity contribution in [1.29, 1.82) is 5.26 Å². The standard InChI is InChI=1S/C12H12ClFN2/c13-11-4-1-5-12(14)10(11)8-16-6-2-3-9(16)7-15/h1,4-5,9H,2-3,6,8H2. The molecule has 1 aromatic rings. The first-order valence-electron chi connectivity index (χ1n) is 5.29. The van der Waals surface area contributed by atoms with Gasteiger partial charge in [0.15, 0.2) is 0 Å². The Morgan fingerprint density at radius 3 is 3.06 bits per heavy atom. The van der Waals surface area contributed by atoms with E-state index in [0.29, 0.717) is 17.1 Å². The van der Waals surface area contributed by atoms with Crippen molar-refractivity contribution in [3.63, 3.8) is 0 Å². The quantitative estimate of drug-likeness (QED) is 0.792. The van der Waals surface area contributed by atoms with Crippen LogP contribution in [0.15, 0.2) is 18.2 Å². The number of hydrogen-bond acceptors (Lipinski definition) is 2. The molecule has 0 amide bonds. The minimum atomic E-state index is -0.295. The number of hydrogen-bond donors (Lipinski definition) is 0. The maximum atomic E-state index is 13.5. The highest BCUT2D eigenvalue weighted by Gasteiger charge is 2.25. The summed E-state index contributed by atoms with van der Waals surface area (Å²) >= 11 is 5.95. The van der Waals surface area contributed by atoms with Gasteiger partial charge in [-0.05, 0) is 31.5 Å². The molecule has 4 heteroatoms. The van der Waals surface area contributed by atoms with Gasteiger partial charge in [0, 0.05) is 17.1 Å². The Hall–Kier alpha value is -1.11. The smallest absolute Gasteiger partial charge is 0.129 e. The number of nitrogens with zero attached hydrogens (tertiary/aromatic N) is 2. The lowest BCUT2D eigenvalue weighted by atomic mass is 10.2. The van der Waals surface area contributed by atoms with Crippen LogP contribution in [0.2, 0.25) is 5.02 Å². The van der Waals surface area contributed by atoms with Crippen molar-refractivity contribution in [2.24, 2.45) is 0 Å². The number of nitriles is 1. The number of benzene rings is 1. The van der Waals surface area contributed by atoms with E-state index < -0.39 is 0 Å². The van der Waals surface area contributed by atoms with E-state index >= 15 is 0 Å². The summed E-state index contributed by atoms with van der Waals surface area (Å²) in [6.07, 6.45) is 1.85. The molecule has 1 fully saturated rings. The van der Waals surface area contributed by atoms with Crippen molar-refractivity contribution in [3.8, 4) is 6.07 Å². The van der Waals surface area contributed by atoms with Crippen LogP contribution in [0.1, 0.15) is 18.4 Å². The Bertz CT molecular complexity index is 407. The normalized spacial score (nSPS) is 20.9. The first-order chi connectivity index (χ1) is 7.72. The zero-order chi connectivity index (χ0) is 11.5. The van der Waals surface area contributed by atoms with Crippen LogP contribution in [-0.4, -0.2) is 17.5 Å². The first kappa shape index (κ1) is 11.4. The van der Waals surface area contributed by atoms with E-state index in [2.05, 4.69) is 6.07 Å². The lowest BCUT2D eigenvalue weighted by Gasteiger charge is -2.19. The average molecular weight is 239 g/mol. The van der Waals surface area contributed by atoms with E-state index in [0.717, 1.165) is 19.4 Å². The van der Waals surface area contributed by atoms with Crippen LogP contribution in [0.5, 0.6) is 0 Å². The van der Waals surface area contributed by atoms with Crippen molar-refractivity contribution < 1.29 is 4.39 Å². The Morgan fingerprint density at radius 1 is 1.56 bits per heavy atom. The van der Waals surface area contributed by atoms with Gasteiger partial charge in [-0.3, -0.25) is 4.90 Å². The second-order valence-electron chi connectivity index (χ2n) is 3.96. The average Bonchev–Trinajstić information content (AvgIpc) is 2.71. The van der Waals surface area contributed by atoms with E-state index in [4.69, 9.17) is 16.9 Å². The Kier molecular flexibility index (Phi) is 3.42. The molecular formula is C12H12ClFN2. The fraction of sp³-hybridized carbons (Fsp3) is 0.417. The van der Waals surface area contributed by atoms with Crippen LogP contribution in [0.25, 0.3) is 0 Å². The molecule has 0 radical (unpaired) electrons. The predicted octanol–water partition coefficient (Wildman–Crippen LogP) is 2.97. The van der Waals surface area contributed by atoms with Gasteiger partial charge in [0.1, 0.15) is 5.82 Å². The summed E-state index contributed by atoms with van der Waals surface area (Å²) in [5.41, 5.74) is 0.492. The van der Waals surface area contributed by atoms with Gasteiger partial charge in [-0.1, -0.05) is 17.7 Å². The molecule has 1 aliphatic rings. The molecular weight excluding hydrogens is 227 g/mol. The molecule has 84 valence electrons. The van der Waals surface area contributed by atoms with E-state index in [9.17, 15) is 4.39 Å². The summed E-state index contributed by atoms with van der Waals surface area (Å²) in [6, 6.07) is 6.80. The molecule has 0 N–H and O–H groups in total. The van der Waals surface area contributed by atoms with E-state index in [1.165, 1.54) is 6.07 Å². The van der Waals surface area contributed by atoms with Crippen LogP contribution in [0.3, 0.4) is 0 Å². The molecule has 0 spiro atoms. The van der Waals surface area contributed by atoms with Crippen molar-refractivity contribution in [2.45, 2.75) is 25.4 Å². The highest BCUT2D eigenvalue weighted by molar-refractivity contribution is 6.31. The van der Waals surface area contributed by atoms with Crippen molar-refractivity contribution in [3.05, 3.63) is 34.6 Å². The summed E-state index contributed by atoms with van der Waals surface area (Å²) in [7, 11) is 0. The minimum Gasteiger partial charge on any atom is -0.284 e. The fourth-order valence-electron chi connectivity index (χ4n) is 2.05. The molecule has 1 aliphatic heterocycles. The maximum Gasteiger partial charge on any atom is 0.129 e. The van der Waals surface area contributed by atoms with E-state index in [-0.39, 0.29) is 11.9 Å². The molecule has 2 rings (SSSR count). The van der Waals surface area contributed by atoms with Crippen molar-refractivity contribution >= 4 is 11.6 Å². The van der Waals surface area contributed by atoms with Gasteiger partial charge in [-0.25, -0.2) is 4.39 Å². The third kappa shape index (κ3) is 2.18. The summed E-state index contributed by atoms with van der Waals surface area (Å²) in [5.74, 6) is -0.295. The zero-order valence-corrected chi connectivity index (χ0v) is 9.54. The summed E-state index contributed by atoms with van der Waals surface area (Å²) < 4.78 is 13.5. The van der Waals surface area contributed by atoms with Crippen LogP contribution < -0.4 is 0 Å². The van der Waals surface area contributed by atoms with Crippen LogP contribution >= 0.6 is 11.6 Å². The highest BCUT2D eigenvalue weighted by Crippen LogP contribution is 2.25. The molecule has 1 aromatic carbocycles. The molecule has 16 heavy (non-hydrogen) atoms. The van der Waals surface area contributed by atoms with Crippen LogP contribution in [0.4, 0.5) is 4.39 Å². The molecule has 1 unspecified atom stereocenters. The zero-order valence-electron chi connectivity index (χ0n) is 8.79. The molecule has 1 saturated heterocycles. The lowest BCUT2D eigenvalue weighted by molar-refractivity contribution is 0.282. The second-order valence-corrected chi connectivity index (χ2v) is 4.37. The fourth-order valence-corrected chi connectivity index (χ4v) is 2.27. The summed E-state index contributed by atoms with van der Waals surface area (Å²) in [6.45, 7) is 1.26. The number of halogens is 2. The topological polar surface area (TPSA) is 27.0 Å². The van der Waals surface area contributed by atoms with Gasteiger partial charge in [0.25, 0.3) is 0 Å². The maximum absolute atomic E-state index is 13.5. The van der Waals surface area contributed by atoms with Crippen molar-refractivity contribution in [2.75, 3.05) is 6.54 Å². The van der Waals surface area contributed by atoms with Crippen LogP contribution in [0, 0.1) is 17.1 Å². The molecule has 1 heterocycles. The van der Waals surface area contributed by atoms with Gasteiger partial charge in [-0.2, -0.15) is 5.26 Å². The van der Waals surface area contributed by atoms with Crippen LogP contribution in [-0.2, 0) is 6.54 Å². The largest absolute Gasteiger partial charge is 0.284 e. The van der Waals surface area contributed by atoms with Gasteiger partial charge in [0.05, 0.1) is 12.1 Å². The monoisotopic (exact) mass is 238 g/mol. The van der Waals surface area contributed by atoms with Gasteiger partial charge < -0.3 is 0 Å². The first-order valence-corrected chi connectivity index (χ1v) is 5.66. The number of likely N-dealkylation sites (tertiary alicyclic amines) is 1. The third-order valence-electron chi connectivity index (χ3n) is 2.94.